The first-order chi connectivity index (χ1) is 13.1. The lowest BCUT2D eigenvalue weighted by molar-refractivity contribution is -0.132. The number of aliphatic hydroxyl groups excluding tert-OH is 1. The lowest BCUT2D eigenvalue weighted by atomic mass is 10.0. The van der Waals surface area contributed by atoms with Crippen LogP contribution in [-0.2, 0) is 9.59 Å². The molecule has 0 bridgehead atoms. The quantitative estimate of drug-likeness (QED) is 0.495. The summed E-state index contributed by atoms with van der Waals surface area (Å²) in [6, 6.07) is 8.21. The van der Waals surface area contributed by atoms with E-state index in [9.17, 15) is 14.7 Å². The number of benzene rings is 2. The topological polar surface area (TPSA) is 112 Å². The molecule has 1 atom stereocenters. The SMILES string of the molecule is O=C1C(=O)N(c2ccc3nc[nH]c3c2)C2C1=C(O)c1c2ccc2nsnc12. The summed E-state index contributed by atoms with van der Waals surface area (Å²) in [5, 5.41) is 10.8. The summed E-state index contributed by atoms with van der Waals surface area (Å²) < 4.78 is 8.44. The number of nitrogens with one attached hydrogen (secondary N) is 1. The minimum absolute atomic E-state index is 0.0974. The molecule has 0 saturated carbocycles. The van der Waals surface area contributed by atoms with Gasteiger partial charge in [-0.2, -0.15) is 8.75 Å². The van der Waals surface area contributed by atoms with Crippen molar-refractivity contribution in [3.8, 4) is 0 Å². The Labute approximate surface area is 155 Å². The van der Waals surface area contributed by atoms with Gasteiger partial charge in [-0.05, 0) is 29.8 Å². The number of ketones is 1. The van der Waals surface area contributed by atoms with Crippen molar-refractivity contribution >= 4 is 56.9 Å². The van der Waals surface area contributed by atoms with E-state index in [1.54, 1.807) is 36.7 Å². The third-order valence-electron chi connectivity index (χ3n) is 5.12. The number of hydrogen-bond donors (Lipinski definition) is 2. The van der Waals surface area contributed by atoms with Gasteiger partial charge >= 0.3 is 0 Å². The summed E-state index contributed by atoms with van der Waals surface area (Å²) in [5.74, 6) is -1.55. The van der Waals surface area contributed by atoms with Crippen LogP contribution in [0.3, 0.4) is 0 Å². The lowest BCUT2D eigenvalue weighted by Crippen LogP contribution is -2.29. The lowest BCUT2D eigenvalue weighted by Gasteiger charge is -2.23. The van der Waals surface area contributed by atoms with E-state index in [1.165, 1.54) is 4.90 Å². The number of anilines is 1. The van der Waals surface area contributed by atoms with Crippen LogP contribution < -0.4 is 4.90 Å². The first-order valence-corrected chi connectivity index (χ1v) is 8.88. The Hall–Kier alpha value is -3.59. The maximum absolute atomic E-state index is 12.7. The van der Waals surface area contributed by atoms with Crippen LogP contribution in [0, 0.1) is 0 Å². The van der Waals surface area contributed by atoms with Gasteiger partial charge in [0.1, 0.15) is 16.8 Å². The Morgan fingerprint density at radius 2 is 1.96 bits per heavy atom. The molecule has 2 aliphatic rings. The second-order valence-corrected chi connectivity index (χ2v) is 6.96. The summed E-state index contributed by atoms with van der Waals surface area (Å²) >= 11 is 1.04. The van der Waals surface area contributed by atoms with Crippen molar-refractivity contribution in [1.82, 2.24) is 18.7 Å². The first kappa shape index (κ1) is 14.6. The number of fused-ring (bicyclic) bond motifs is 6. The van der Waals surface area contributed by atoms with E-state index in [1.807, 2.05) is 0 Å². The fourth-order valence-corrected chi connectivity index (χ4v) is 4.49. The smallest absolute Gasteiger partial charge is 0.300 e. The number of hydrogen-bond acceptors (Lipinski definition) is 7. The number of amides is 1. The molecule has 0 spiro atoms. The van der Waals surface area contributed by atoms with Crippen molar-refractivity contribution in [2.45, 2.75) is 6.04 Å². The van der Waals surface area contributed by atoms with Crippen LogP contribution in [0.25, 0.3) is 27.8 Å². The highest BCUT2D eigenvalue weighted by Gasteiger charge is 2.51. The van der Waals surface area contributed by atoms with Crippen molar-refractivity contribution in [2.24, 2.45) is 0 Å². The largest absolute Gasteiger partial charge is 0.507 e. The number of carbonyl (C=O) groups is 2. The predicted octanol–water partition coefficient (Wildman–Crippen LogP) is 2.51. The van der Waals surface area contributed by atoms with Gasteiger partial charge in [0.15, 0.2) is 0 Å². The van der Waals surface area contributed by atoms with E-state index in [-0.39, 0.29) is 11.3 Å². The van der Waals surface area contributed by atoms with Gasteiger partial charge in [-0.3, -0.25) is 14.5 Å². The maximum atomic E-state index is 12.7. The average Bonchev–Trinajstić information content (AvgIpc) is 3.41. The van der Waals surface area contributed by atoms with E-state index >= 15 is 0 Å². The van der Waals surface area contributed by atoms with E-state index < -0.39 is 17.7 Å². The Bertz CT molecular complexity index is 1350. The number of carbonyl (C=O) groups excluding carboxylic acids is 2. The van der Waals surface area contributed by atoms with Crippen LogP contribution in [0.15, 0.2) is 42.2 Å². The number of imidazole rings is 1. The van der Waals surface area contributed by atoms with Gasteiger partial charge < -0.3 is 10.1 Å². The van der Waals surface area contributed by atoms with Gasteiger partial charge in [0.25, 0.3) is 11.7 Å². The third kappa shape index (κ3) is 1.69. The fraction of sp³-hybridized carbons (Fsp3) is 0.0556. The van der Waals surface area contributed by atoms with Crippen molar-refractivity contribution < 1.29 is 14.7 Å². The minimum Gasteiger partial charge on any atom is -0.507 e. The molecule has 130 valence electrons. The van der Waals surface area contributed by atoms with E-state index in [4.69, 9.17) is 0 Å². The molecular weight excluding hydrogens is 366 g/mol. The van der Waals surface area contributed by atoms with E-state index in [0.717, 1.165) is 22.8 Å². The monoisotopic (exact) mass is 375 g/mol. The average molecular weight is 375 g/mol. The molecule has 1 unspecified atom stereocenters. The number of aromatic amines is 1. The first-order valence-electron chi connectivity index (χ1n) is 8.15. The van der Waals surface area contributed by atoms with Gasteiger partial charge in [0, 0.05) is 5.69 Å². The summed E-state index contributed by atoms with van der Waals surface area (Å²) in [6.07, 6.45) is 1.57. The molecule has 3 heterocycles. The third-order valence-corrected chi connectivity index (χ3v) is 5.66. The number of H-pyrrole nitrogens is 1. The molecule has 6 rings (SSSR count). The standard InChI is InChI=1S/C18H9N5O3S/c24-16-12-8(2-4-10-14(12)22-27-21-10)15-13(16)17(25)18(26)23(15)7-1-3-9-11(5-7)20-6-19-9/h1-6,15,24H,(H,19,20). The highest BCUT2D eigenvalue weighted by molar-refractivity contribution is 7.00. The van der Waals surface area contributed by atoms with Gasteiger partial charge in [-0.25, -0.2) is 4.98 Å². The van der Waals surface area contributed by atoms with Crippen molar-refractivity contribution in [3.63, 3.8) is 0 Å². The Balaban J connectivity index is 1.62. The molecule has 1 amide bonds. The summed E-state index contributed by atoms with van der Waals surface area (Å²) in [4.78, 5) is 34.0. The van der Waals surface area contributed by atoms with Crippen molar-refractivity contribution in [1.29, 1.82) is 0 Å². The zero-order valence-electron chi connectivity index (χ0n) is 13.5. The highest BCUT2D eigenvalue weighted by atomic mass is 32.1. The number of rotatable bonds is 1. The van der Waals surface area contributed by atoms with Crippen LogP contribution >= 0.6 is 11.7 Å². The number of aliphatic hydroxyl groups is 1. The molecule has 2 aromatic heterocycles. The van der Waals surface area contributed by atoms with Gasteiger partial charge in [-0.1, -0.05) is 6.07 Å². The Kier molecular flexibility index (Phi) is 2.57. The second-order valence-electron chi connectivity index (χ2n) is 6.43. The molecule has 1 saturated heterocycles. The van der Waals surface area contributed by atoms with E-state index in [0.29, 0.717) is 27.8 Å². The van der Waals surface area contributed by atoms with Crippen molar-refractivity contribution in [3.05, 3.63) is 53.4 Å². The maximum Gasteiger partial charge on any atom is 0.300 e. The molecule has 9 heteroatoms. The molecule has 27 heavy (non-hydrogen) atoms. The number of aromatic nitrogens is 4. The molecule has 8 nitrogen and oxygen atoms in total. The van der Waals surface area contributed by atoms with Crippen LogP contribution in [0.4, 0.5) is 5.69 Å². The van der Waals surface area contributed by atoms with Crippen LogP contribution in [0.5, 0.6) is 0 Å². The van der Waals surface area contributed by atoms with Crippen molar-refractivity contribution in [2.75, 3.05) is 4.90 Å². The molecule has 2 aromatic carbocycles. The van der Waals surface area contributed by atoms with Crippen LogP contribution in [-0.4, -0.2) is 35.5 Å². The number of Topliss-reactive ketones (excluding diaryl/α,β-unsaturated/α-hetero) is 1. The van der Waals surface area contributed by atoms with Crippen LogP contribution in [0.2, 0.25) is 0 Å². The molecule has 1 aliphatic carbocycles. The Morgan fingerprint density at radius 1 is 1.11 bits per heavy atom. The zero-order valence-corrected chi connectivity index (χ0v) is 14.3. The van der Waals surface area contributed by atoms with Gasteiger partial charge in [0.05, 0.1) is 46.3 Å². The molecule has 2 N–H and O–H groups in total. The molecule has 1 fully saturated rings. The second kappa shape index (κ2) is 4.77. The molecule has 0 radical (unpaired) electrons. The van der Waals surface area contributed by atoms with E-state index in [2.05, 4.69) is 18.7 Å². The highest BCUT2D eigenvalue weighted by Crippen LogP contribution is 2.50. The summed E-state index contributed by atoms with van der Waals surface area (Å²) in [6.45, 7) is 0. The van der Waals surface area contributed by atoms with Gasteiger partial charge in [-0.15, -0.1) is 0 Å². The zero-order chi connectivity index (χ0) is 18.3. The molecule has 1 aliphatic heterocycles. The molecular formula is C18H9N5O3S. The normalized spacial score (nSPS) is 18.8. The van der Waals surface area contributed by atoms with Crippen LogP contribution in [0.1, 0.15) is 17.2 Å². The number of nitrogens with zero attached hydrogens (tertiary/aromatic N) is 4. The predicted molar refractivity (Wildman–Crippen MR) is 98.3 cm³/mol. The summed E-state index contributed by atoms with van der Waals surface area (Å²) in [5.41, 5.74) is 4.52. The summed E-state index contributed by atoms with van der Waals surface area (Å²) in [7, 11) is 0. The fourth-order valence-electron chi connectivity index (χ4n) is 3.94. The Morgan fingerprint density at radius 3 is 2.85 bits per heavy atom. The van der Waals surface area contributed by atoms with Gasteiger partial charge in [0.2, 0.25) is 0 Å². The minimum atomic E-state index is -0.699. The molecule has 4 aromatic rings.